The van der Waals surface area contributed by atoms with Gasteiger partial charge in [-0.15, -0.1) is 0 Å². The molecule has 3 unspecified atom stereocenters. The van der Waals surface area contributed by atoms with E-state index in [9.17, 15) is 13.2 Å². The summed E-state index contributed by atoms with van der Waals surface area (Å²) in [5, 5.41) is 0. The van der Waals surface area contributed by atoms with Crippen molar-refractivity contribution in [3.63, 3.8) is 0 Å². The number of nitrogens with zero attached hydrogens (tertiary/aromatic N) is 1. The molecule has 0 radical (unpaired) electrons. The van der Waals surface area contributed by atoms with Crippen molar-refractivity contribution in [2.24, 2.45) is 11.8 Å². The van der Waals surface area contributed by atoms with Gasteiger partial charge in [0.05, 0.1) is 0 Å². The lowest BCUT2D eigenvalue weighted by Gasteiger charge is -2.24. The maximum Gasteiger partial charge on any atom is 0.404 e. The minimum absolute atomic E-state index is 0.0833. The zero-order valence-corrected chi connectivity index (χ0v) is 8.23. The van der Waals surface area contributed by atoms with Crippen LogP contribution in [0.1, 0.15) is 20.3 Å². The van der Waals surface area contributed by atoms with Crippen LogP contribution in [-0.4, -0.2) is 30.7 Å². The van der Waals surface area contributed by atoms with Crippen LogP contribution >= 0.6 is 0 Å². The number of piperidine rings is 1. The Bertz CT molecular complexity index is 176. The number of likely N-dealkylation sites (tertiary alicyclic amines) is 1. The first kappa shape index (κ1) is 10.8. The van der Waals surface area contributed by atoms with Gasteiger partial charge in [0.1, 0.15) is 6.04 Å². The predicted octanol–water partition coefficient (Wildman–Crippen LogP) is 2.53. The van der Waals surface area contributed by atoms with Crippen molar-refractivity contribution >= 4 is 0 Å². The third-order valence-corrected chi connectivity index (χ3v) is 2.72. The molecule has 0 amide bonds. The highest BCUT2D eigenvalue weighted by molar-refractivity contribution is 5.05. The van der Waals surface area contributed by atoms with Gasteiger partial charge in [0, 0.05) is 6.54 Å². The topological polar surface area (TPSA) is 3.24 Å². The van der Waals surface area contributed by atoms with E-state index in [-0.39, 0.29) is 5.92 Å². The van der Waals surface area contributed by atoms with Crippen molar-refractivity contribution in [2.45, 2.75) is 32.5 Å². The average Bonchev–Trinajstić information content (AvgIpc) is 2.63. The summed E-state index contributed by atoms with van der Waals surface area (Å²) in [6.07, 6.45) is -3.22. The van der Waals surface area contributed by atoms with Crippen LogP contribution in [0.25, 0.3) is 0 Å². The minimum Gasteiger partial charge on any atom is -0.295 e. The summed E-state index contributed by atoms with van der Waals surface area (Å²) in [5.41, 5.74) is 0. The van der Waals surface area contributed by atoms with Crippen LogP contribution in [0, 0.1) is 11.8 Å². The molecule has 13 heavy (non-hydrogen) atoms. The smallest absolute Gasteiger partial charge is 0.295 e. The molecule has 0 bridgehead atoms. The van der Waals surface area contributed by atoms with Crippen LogP contribution < -0.4 is 0 Å². The van der Waals surface area contributed by atoms with Crippen molar-refractivity contribution in [3.05, 3.63) is 0 Å². The van der Waals surface area contributed by atoms with Crippen molar-refractivity contribution in [1.29, 1.82) is 0 Å². The molecule has 1 heterocycles. The molecule has 4 heteroatoms. The standard InChI is InChI=1S/C7H10F3N.C2H6/c1-11-3-4-2-5(4)6(11)7(8,9)10;1-2/h4-6H,2-3H2,1H3;1-2H3. The first-order chi connectivity index (χ1) is 6.00. The largest absolute Gasteiger partial charge is 0.404 e. The van der Waals surface area contributed by atoms with Gasteiger partial charge in [-0.2, -0.15) is 13.2 Å². The van der Waals surface area contributed by atoms with E-state index in [0.29, 0.717) is 12.5 Å². The van der Waals surface area contributed by atoms with Crippen LogP contribution in [-0.2, 0) is 0 Å². The summed E-state index contributed by atoms with van der Waals surface area (Å²) in [6.45, 7) is 4.63. The van der Waals surface area contributed by atoms with Gasteiger partial charge in [0.25, 0.3) is 0 Å². The summed E-state index contributed by atoms with van der Waals surface area (Å²) < 4.78 is 36.7. The second-order valence-electron chi connectivity index (χ2n) is 3.59. The lowest BCUT2D eigenvalue weighted by Crippen LogP contribution is -2.41. The van der Waals surface area contributed by atoms with E-state index < -0.39 is 12.2 Å². The van der Waals surface area contributed by atoms with E-state index in [2.05, 4.69) is 0 Å². The van der Waals surface area contributed by atoms with Gasteiger partial charge < -0.3 is 0 Å². The first-order valence-corrected chi connectivity index (χ1v) is 4.77. The molecule has 1 saturated heterocycles. The molecule has 0 aromatic rings. The number of rotatable bonds is 0. The van der Waals surface area contributed by atoms with Gasteiger partial charge in [0.15, 0.2) is 0 Å². The molecule has 78 valence electrons. The van der Waals surface area contributed by atoms with Crippen LogP contribution in [0.3, 0.4) is 0 Å². The highest BCUT2D eigenvalue weighted by Crippen LogP contribution is 2.53. The van der Waals surface area contributed by atoms with E-state index in [0.717, 1.165) is 6.42 Å². The molecule has 1 nitrogen and oxygen atoms in total. The number of hydrogen-bond donors (Lipinski definition) is 0. The number of alkyl halides is 3. The van der Waals surface area contributed by atoms with Gasteiger partial charge in [-0.3, -0.25) is 4.90 Å². The van der Waals surface area contributed by atoms with E-state index >= 15 is 0 Å². The maximum absolute atomic E-state index is 12.2. The summed E-state index contributed by atoms with van der Waals surface area (Å²) in [5.74, 6) is 0.256. The Morgan fingerprint density at radius 2 is 1.77 bits per heavy atom. The quantitative estimate of drug-likeness (QED) is 0.574. The zero-order valence-electron chi connectivity index (χ0n) is 8.23. The fourth-order valence-corrected chi connectivity index (χ4v) is 2.17. The van der Waals surface area contributed by atoms with E-state index in [1.807, 2.05) is 13.8 Å². The Morgan fingerprint density at radius 1 is 1.23 bits per heavy atom. The third-order valence-electron chi connectivity index (χ3n) is 2.72. The third kappa shape index (κ3) is 1.98. The Labute approximate surface area is 76.9 Å². The molecular formula is C9H16F3N. The fraction of sp³-hybridized carbons (Fsp3) is 1.00. The lowest BCUT2D eigenvalue weighted by molar-refractivity contribution is -0.178. The zero-order chi connectivity index (χ0) is 10.2. The van der Waals surface area contributed by atoms with Crippen molar-refractivity contribution in [3.8, 4) is 0 Å². The molecule has 0 aromatic carbocycles. The average molecular weight is 195 g/mol. The Balaban J connectivity index is 0.000000396. The number of halogens is 3. The summed E-state index contributed by atoms with van der Waals surface area (Å²) in [6, 6.07) is -1.15. The van der Waals surface area contributed by atoms with E-state index in [1.165, 1.54) is 4.90 Å². The SMILES string of the molecule is CC.CN1CC2CC2C1C(F)(F)F. The molecule has 2 fully saturated rings. The Hall–Kier alpha value is -0.250. The van der Waals surface area contributed by atoms with Crippen LogP contribution in [0.5, 0.6) is 0 Å². The second-order valence-corrected chi connectivity index (χ2v) is 3.59. The lowest BCUT2D eigenvalue weighted by atomic mass is 10.2. The summed E-state index contributed by atoms with van der Waals surface area (Å²) in [4.78, 5) is 1.43. The summed E-state index contributed by atoms with van der Waals surface area (Å²) in [7, 11) is 1.56. The molecule has 2 rings (SSSR count). The van der Waals surface area contributed by atoms with Gasteiger partial charge in [-0.05, 0) is 25.3 Å². The van der Waals surface area contributed by atoms with Crippen LogP contribution in [0.4, 0.5) is 13.2 Å². The van der Waals surface area contributed by atoms with Crippen LogP contribution in [0.15, 0.2) is 0 Å². The molecule has 2 aliphatic rings. The van der Waals surface area contributed by atoms with Crippen molar-refractivity contribution in [2.75, 3.05) is 13.6 Å². The Morgan fingerprint density at radius 3 is 2.00 bits per heavy atom. The predicted molar refractivity (Wildman–Crippen MR) is 45.4 cm³/mol. The molecule has 1 saturated carbocycles. The molecule has 1 aliphatic heterocycles. The highest BCUT2D eigenvalue weighted by atomic mass is 19.4. The van der Waals surface area contributed by atoms with Gasteiger partial charge in [0.2, 0.25) is 0 Å². The normalized spacial score (nSPS) is 37.8. The molecule has 0 aromatic heterocycles. The van der Waals surface area contributed by atoms with Gasteiger partial charge in [-0.25, -0.2) is 0 Å². The molecule has 3 atom stereocenters. The van der Waals surface area contributed by atoms with Crippen LogP contribution in [0.2, 0.25) is 0 Å². The molecular weight excluding hydrogens is 179 g/mol. The highest BCUT2D eigenvalue weighted by Gasteiger charge is 2.61. The Kier molecular flexibility index (Phi) is 2.90. The molecule has 1 aliphatic carbocycles. The number of fused-ring (bicyclic) bond motifs is 1. The fourth-order valence-electron chi connectivity index (χ4n) is 2.17. The second kappa shape index (κ2) is 3.48. The molecule has 0 spiro atoms. The van der Waals surface area contributed by atoms with E-state index in [4.69, 9.17) is 0 Å². The van der Waals surface area contributed by atoms with Crippen molar-refractivity contribution < 1.29 is 13.2 Å². The monoisotopic (exact) mass is 195 g/mol. The minimum atomic E-state index is -4.01. The maximum atomic E-state index is 12.2. The molecule has 0 N–H and O–H groups in total. The van der Waals surface area contributed by atoms with Crippen molar-refractivity contribution in [1.82, 2.24) is 4.90 Å². The van der Waals surface area contributed by atoms with Gasteiger partial charge >= 0.3 is 6.18 Å². The van der Waals surface area contributed by atoms with Gasteiger partial charge in [-0.1, -0.05) is 13.8 Å². The number of hydrogen-bond acceptors (Lipinski definition) is 1. The first-order valence-electron chi connectivity index (χ1n) is 4.77. The summed E-state index contributed by atoms with van der Waals surface area (Å²) >= 11 is 0. The van der Waals surface area contributed by atoms with E-state index in [1.54, 1.807) is 7.05 Å².